The van der Waals surface area contributed by atoms with Crippen LogP contribution in [0.15, 0.2) is 35.3 Å². The minimum atomic E-state index is -1.49. The largest absolute Gasteiger partial charge is 0.391 e. The van der Waals surface area contributed by atoms with Crippen molar-refractivity contribution in [1.82, 2.24) is 36.8 Å². The summed E-state index contributed by atoms with van der Waals surface area (Å²) in [6.07, 6.45) is 2.67. The summed E-state index contributed by atoms with van der Waals surface area (Å²) in [5, 5.41) is 26.9. The molecule has 7 amide bonds. The number of rotatable bonds is 25. The fraction of sp³-hybridized carbons (Fsp3) is 0.659. The quantitative estimate of drug-likeness (QED) is 0.0358. The predicted octanol–water partition coefficient (Wildman–Crippen LogP) is -0.139. The van der Waals surface area contributed by atoms with Gasteiger partial charge in [0.25, 0.3) is 0 Å². The maximum Gasteiger partial charge on any atom is 0.245 e. The molecule has 0 bridgehead atoms. The lowest BCUT2D eigenvalue weighted by atomic mass is 9.96. The zero-order chi connectivity index (χ0) is 44.1. The number of nitrogens with two attached hydrogens (primary N) is 2. The van der Waals surface area contributed by atoms with Gasteiger partial charge in [0, 0.05) is 26.6 Å². The van der Waals surface area contributed by atoms with Crippen LogP contribution < -0.4 is 43.4 Å². The molecule has 0 radical (unpaired) electrons. The number of amides is 7. The molecular weight excluding hydrogens is 761 g/mol. The number of guanidine groups is 1. The second kappa shape index (κ2) is 26.0. The Balaban J connectivity index is 2.27. The van der Waals surface area contributed by atoms with E-state index in [1.165, 1.54) is 18.7 Å². The van der Waals surface area contributed by atoms with Crippen molar-refractivity contribution in [3.63, 3.8) is 0 Å². The highest BCUT2D eigenvalue weighted by molar-refractivity contribution is 5.97. The van der Waals surface area contributed by atoms with E-state index in [4.69, 9.17) is 11.5 Å². The number of carbonyl (C=O) groups excluding carboxylic acids is 7. The number of benzene rings is 1. The van der Waals surface area contributed by atoms with E-state index in [-0.39, 0.29) is 37.7 Å². The van der Waals surface area contributed by atoms with Crippen molar-refractivity contribution >= 4 is 47.3 Å². The van der Waals surface area contributed by atoms with Gasteiger partial charge < -0.3 is 53.4 Å². The molecule has 0 aliphatic carbocycles. The molecule has 1 heterocycles. The van der Waals surface area contributed by atoms with Gasteiger partial charge in [0.05, 0.1) is 6.10 Å². The van der Waals surface area contributed by atoms with Gasteiger partial charge in [-0.2, -0.15) is 0 Å². The fourth-order valence-corrected chi connectivity index (χ4v) is 6.80. The summed E-state index contributed by atoms with van der Waals surface area (Å²) in [6, 6.07) is 2.81. The van der Waals surface area contributed by atoms with Crippen LogP contribution in [0.1, 0.15) is 105 Å². The Bertz CT molecular complexity index is 1570. The number of aryl methyl sites for hydroxylation is 1. The van der Waals surface area contributed by atoms with Crippen LogP contribution in [-0.4, -0.2) is 119 Å². The van der Waals surface area contributed by atoms with Gasteiger partial charge in [0.1, 0.15) is 36.3 Å². The van der Waals surface area contributed by atoms with Gasteiger partial charge in [0.2, 0.25) is 41.4 Å². The first-order chi connectivity index (χ1) is 28.0. The summed E-state index contributed by atoms with van der Waals surface area (Å²) in [7, 11) is 0. The molecule has 11 N–H and O–H groups in total. The highest BCUT2D eigenvalue weighted by Crippen LogP contribution is 2.20. The van der Waals surface area contributed by atoms with Gasteiger partial charge in [-0.1, -0.05) is 70.9 Å². The number of hydrogen-bond donors (Lipinski definition) is 9. The number of likely N-dealkylation sites (tertiary alicyclic amines) is 1. The van der Waals surface area contributed by atoms with Crippen LogP contribution in [-0.2, 0) is 40.0 Å². The number of aliphatic hydroxyl groups excluding tert-OH is 1. The average Bonchev–Trinajstić information content (AvgIpc) is 3.70. The molecular formula is C41H68N10O8. The van der Waals surface area contributed by atoms with E-state index in [9.17, 15) is 38.7 Å². The highest BCUT2D eigenvalue weighted by atomic mass is 16.3. The van der Waals surface area contributed by atoms with Crippen LogP contribution in [0.2, 0.25) is 0 Å². The van der Waals surface area contributed by atoms with Gasteiger partial charge >= 0.3 is 0 Å². The third kappa shape index (κ3) is 16.9. The molecule has 1 saturated heterocycles. The van der Waals surface area contributed by atoms with Crippen LogP contribution >= 0.6 is 0 Å². The predicted molar refractivity (Wildman–Crippen MR) is 224 cm³/mol. The molecule has 1 fully saturated rings. The maximum absolute atomic E-state index is 14.1. The van der Waals surface area contributed by atoms with Gasteiger partial charge in [0.15, 0.2) is 5.96 Å². The number of nitrogens with zero attached hydrogens (tertiary/aromatic N) is 2. The average molecular weight is 829 g/mol. The Kier molecular flexibility index (Phi) is 22.0. The molecule has 1 aliphatic heterocycles. The Morgan fingerprint density at radius 1 is 0.797 bits per heavy atom. The SMILES string of the molecule is CCCNC(=O)[C@@H]1CCCN1C(=O)[C@H](CCCN=C(N)N)NC(=O)[C@@H](NC(=O)[C@H](CCC)NC(=O)[C@@H](NC(=O)[C@@H](CCc1ccccc1)NC(C)=O)[C@@H](C)O)[C@@H](C)CC. The lowest BCUT2D eigenvalue weighted by Crippen LogP contribution is -2.62. The van der Waals surface area contributed by atoms with E-state index in [1.807, 2.05) is 44.2 Å². The molecule has 18 nitrogen and oxygen atoms in total. The van der Waals surface area contributed by atoms with Gasteiger partial charge in [-0.3, -0.25) is 38.6 Å². The summed E-state index contributed by atoms with van der Waals surface area (Å²) < 4.78 is 0. The first-order valence-corrected chi connectivity index (χ1v) is 20.9. The van der Waals surface area contributed by atoms with Crippen LogP contribution in [0.4, 0.5) is 0 Å². The molecule has 1 aliphatic rings. The monoisotopic (exact) mass is 829 g/mol. The third-order valence-corrected chi connectivity index (χ3v) is 10.3. The summed E-state index contributed by atoms with van der Waals surface area (Å²) in [6.45, 7) is 10.9. The highest BCUT2D eigenvalue weighted by Gasteiger charge is 2.39. The van der Waals surface area contributed by atoms with E-state index in [0.717, 1.165) is 12.0 Å². The Morgan fingerprint density at radius 2 is 1.41 bits per heavy atom. The van der Waals surface area contributed by atoms with Crippen molar-refractivity contribution in [2.24, 2.45) is 22.4 Å². The summed E-state index contributed by atoms with van der Waals surface area (Å²) in [5.41, 5.74) is 11.9. The molecule has 1 aromatic rings. The fourth-order valence-electron chi connectivity index (χ4n) is 6.80. The minimum Gasteiger partial charge on any atom is -0.391 e. The maximum atomic E-state index is 14.1. The van der Waals surface area contributed by atoms with Gasteiger partial charge in [-0.25, -0.2) is 0 Å². The molecule has 1 aromatic carbocycles. The molecule has 8 atom stereocenters. The first-order valence-electron chi connectivity index (χ1n) is 20.9. The van der Waals surface area contributed by atoms with Crippen molar-refractivity contribution in [1.29, 1.82) is 0 Å². The second-order valence-electron chi connectivity index (χ2n) is 15.2. The topological polar surface area (TPSA) is 280 Å². The number of hydrogen-bond acceptors (Lipinski definition) is 9. The van der Waals surface area contributed by atoms with Crippen molar-refractivity contribution < 1.29 is 38.7 Å². The summed E-state index contributed by atoms with van der Waals surface area (Å²) in [5.74, 6) is -4.52. The van der Waals surface area contributed by atoms with Crippen LogP contribution in [0.25, 0.3) is 0 Å². The zero-order valence-electron chi connectivity index (χ0n) is 35.6. The third-order valence-electron chi connectivity index (χ3n) is 10.3. The summed E-state index contributed by atoms with van der Waals surface area (Å²) >= 11 is 0. The van der Waals surface area contributed by atoms with Crippen molar-refractivity contribution in [2.75, 3.05) is 19.6 Å². The van der Waals surface area contributed by atoms with E-state index in [1.54, 1.807) is 13.8 Å². The summed E-state index contributed by atoms with van der Waals surface area (Å²) in [4.78, 5) is 99.5. The second-order valence-corrected chi connectivity index (χ2v) is 15.2. The number of aliphatic imine (C=N–C) groups is 1. The molecule has 0 aromatic heterocycles. The van der Waals surface area contributed by atoms with Crippen molar-refractivity contribution in [3.05, 3.63) is 35.9 Å². The van der Waals surface area contributed by atoms with Crippen LogP contribution in [0.3, 0.4) is 0 Å². The molecule has 0 unspecified atom stereocenters. The minimum absolute atomic E-state index is 0.118. The van der Waals surface area contributed by atoms with E-state index in [0.29, 0.717) is 51.6 Å². The van der Waals surface area contributed by atoms with Gasteiger partial charge in [-0.15, -0.1) is 0 Å². The zero-order valence-corrected chi connectivity index (χ0v) is 35.6. The van der Waals surface area contributed by atoms with E-state index >= 15 is 0 Å². The molecule has 330 valence electrons. The number of nitrogens with one attached hydrogen (secondary N) is 6. The van der Waals surface area contributed by atoms with Crippen molar-refractivity contribution in [3.8, 4) is 0 Å². The molecule has 0 spiro atoms. The van der Waals surface area contributed by atoms with E-state index < -0.39 is 83.7 Å². The first kappa shape index (κ1) is 49.9. The van der Waals surface area contributed by atoms with Gasteiger partial charge in [-0.05, 0) is 69.8 Å². The molecule has 18 heteroatoms. The molecule has 2 rings (SSSR count). The standard InChI is InChI=1S/C41H68N10O8/c1-7-15-29(47-39(58)34(26(5)52)50-36(55)30(46-27(6)53)21-20-28-16-11-10-12-17-28)35(54)49-33(25(4)9-3)38(57)48-31(18-13-23-45-41(42)43)40(59)51-24-14-19-32(51)37(56)44-22-8-2/h10-12,16-17,25-26,29-34,52H,7-9,13-15,18-24H2,1-6H3,(H,44,56)(H,46,53)(H,47,58)(H,48,57)(H,49,54)(H,50,55)(H4,42,43,45)/t25-,26+,29-,30+,31-,32-,33-,34-/m0/s1. The smallest absolute Gasteiger partial charge is 0.245 e. The van der Waals surface area contributed by atoms with Crippen LogP contribution in [0, 0.1) is 5.92 Å². The number of carbonyl (C=O) groups is 7. The Morgan fingerprint density at radius 3 is 1.98 bits per heavy atom. The molecule has 59 heavy (non-hydrogen) atoms. The normalized spacial score (nSPS) is 17.1. The lowest BCUT2D eigenvalue weighted by molar-refractivity contribution is -0.142. The Hall–Kier alpha value is -5.26. The lowest BCUT2D eigenvalue weighted by Gasteiger charge is -2.31. The van der Waals surface area contributed by atoms with E-state index in [2.05, 4.69) is 36.9 Å². The number of aliphatic hydroxyl groups is 1. The van der Waals surface area contributed by atoms with Crippen molar-refractivity contribution in [2.45, 2.75) is 148 Å². The molecule has 0 saturated carbocycles. The Labute approximate surface area is 348 Å². The van der Waals surface area contributed by atoms with Crippen LogP contribution in [0.5, 0.6) is 0 Å².